The molecule has 0 amide bonds. The van der Waals surface area contributed by atoms with Crippen molar-refractivity contribution in [2.24, 2.45) is 0 Å². The molecule has 1 aromatic carbocycles. The predicted octanol–water partition coefficient (Wildman–Crippen LogP) is 3.55. The fourth-order valence-electron chi connectivity index (χ4n) is 2.09. The Morgan fingerprint density at radius 1 is 1.22 bits per heavy atom. The van der Waals surface area contributed by atoms with Crippen LogP contribution in [0.15, 0.2) is 42.7 Å². The first kappa shape index (κ1) is 11.1. The standard InChI is InChI=1S/C14H12ClN3/c1-9-6-10(16)7-18-8-13(17-14(9)18)11-4-2-3-5-12(11)15/h2-8H,16H2,1H3. The van der Waals surface area contributed by atoms with Gasteiger partial charge in [0.15, 0.2) is 0 Å². The summed E-state index contributed by atoms with van der Waals surface area (Å²) in [6.45, 7) is 2.00. The van der Waals surface area contributed by atoms with Crippen molar-refractivity contribution in [2.45, 2.75) is 6.92 Å². The highest BCUT2D eigenvalue weighted by Gasteiger charge is 2.09. The lowest BCUT2D eigenvalue weighted by Gasteiger charge is -1.98. The fraction of sp³-hybridized carbons (Fsp3) is 0.0714. The topological polar surface area (TPSA) is 43.3 Å². The van der Waals surface area contributed by atoms with Crippen molar-refractivity contribution in [3.8, 4) is 11.3 Å². The van der Waals surface area contributed by atoms with Gasteiger partial charge in [-0.05, 0) is 24.6 Å². The third kappa shape index (κ3) is 1.73. The molecule has 0 atom stereocenters. The number of halogens is 1. The molecule has 4 heteroatoms. The molecule has 18 heavy (non-hydrogen) atoms. The highest BCUT2D eigenvalue weighted by molar-refractivity contribution is 6.33. The van der Waals surface area contributed by atoms with E-state index in [1.165, 1.54) is 0 Å². The van der Waals surface area contributed by atoms with Gasteiger partial charge in [0.05, 0.1) is 10.7 Å². The van der Waals surface area contributed by atoms with Crippen molar-refractivity contribution in [1.82, 2.24) is 9.38 Å². The van der Waals surface area contributed by atoms with Crippen molar-refractivity contribution in [1.29, 1.82) is 0 Å². The molecule has 0 spiro atoms. The Labute approximate surface area is 110 Å². The number of anilines is 1. The number of imidazole rings is 1. The van der Waals surface area contributed by atoms with Crippen molar-refractivity contribution in [3.63, 3.8) is 0 Å². The van der Waals surface area contributed by atoms with Crippen molar-refractivity contribution in [2.75, 3.05) is 5.73 Å². The van der Waals surface area contributed by atoms with Gasteiger partial charge in [-0.2, -0.15) is 0 Å². The molecule has 0 unspecified atom stereocenters. The molecule has 0 radical (unpaired) electrons. The number of pyridine rings is 1. The zero-order valence-electron chi connectivity index (χ0n) is 9.89. The third-order valence-corrected chi connectivity index (χ3v) is 3.24. The Balaban J connectivity index is 2.26. The summed E-state index contributed by atoms with van der Waals surface area (Å²) >= 11 is 6.18. The van der Waals surface area contributed by atoms with Crippen LogP contribution in [0.3, 0.4) is 0 Å². The minimum atomic E-state index is 0.700. The van der Waals surface area contributed by atoms with Crippen molar-refractivity contribution in [3.05, 3.63) is 53.3 Å². The average Bonchev–Trinajstić information content (AvgIpc) is 2.73. The van der Waals surface area contributed by atoms with Gasteiger partial charge >= 0.3 is 0 Å². The number of nitrogens with two attached hydrogens (primary N) is 1. The van der Waals surface area contributed by atoms with Crippen LogP contribution in [0.5, 0.6) is 0 Å². The summed E-state index contributed by atoms with van der Waals surface area (Å²) in [5.41, 5.74) is 10.3. The summed E-state index contributed by atoms with van der Waals surface area (Å²) in [6.07, 6.45) is 3.80. The fourth-order valence-corrected chi connectivity index (χ4v) is 2.33. The molecule has 0 saturated carbocycles. The van der Waals surface area contributed by atoms with Crippen molar-refractivity contribution >= 4 is 22.9 Å². The lowest BCUT2D eigenvalue weighted by Crippen LogP contribution is -1.92. The van der Waals surface area contributed by atoms with E-state index in [0.717, 1.165) is 28.2 Å². The second kappa shape index (κ2) is 4.03. The highest BCUT2D eigenvalue weighted by atomic mass is 35.5. The van der Waals surface area contributed by atoms with E-state index in [0.29, 0.717) is 5.02 Å². The third-order valence-electron chi connectivity index (χ3n) is 2.91. The van der Waals surface area contributed by atoms with Gasteiger partial charge in [-0.25, -0.2) is 4.98 Å². The molecule has 0 aliphatic carbocycles. The number of aromatic nitrogens is 2. The van der Waals surface area contributed by atoms with Crippen LogP contribution in [0.1, 0.15) is 5.56 Å². The lowest BCUT2D eigenvalue weighted by atomic mass is 10.2. The van der Waals surface area contributed by atoms with E-state index in [1.54, 1.807) is 0 Å². The van der Waals surface area contributed by atoms with E-state index in [-0.39, 0.29) is 0 Å². The van der Waals surface area contributed by atoms with E-state index >= 15 is 0 Å². The van der Waals surface area contributed by atoms with Gasteiger partial charge in [0.25, 0.3) is 0 Å². The largest absolute Gasteiger partial charge is 0.398 e. The van der Waals surface area contributed by atoms with Crippen LogP contribution in [0.2, 0.25) is 5.02 Å². The normalized spacial score (nSPS) is 11.0. The number of benzene rings is 1. The van der Waals surface area contributed by atoms with E-state index in [4.69, 9.17) is 17.3 Å². The van der Waals surface area contributed by atoms with Crippen LogP contribution in [-0.4, -0.2) is 9.38 Å². The van der Waals surface area contributed by atoms with Gasteiger partial charge in [0, 0.05) is 23.6 Å². The summed E-state index contributed by atoms with van der Waals surface area (Å²) in [7, 11) is 0. The van der Waals surface area contributed by atoms with Gasteiger partial charge in [-0.15, -0.1) is 0 Å². The maximum Gasteiger partial charge on any atom is 0.140 e. The number of hydrogen-bond donors (Lipinski definition) is 1. The molecular formula is C14H12ClN3. The van der Waals surface area contributed by atoms with Gasteiger partial charge in [0.1, 0.15) is 5.65 Å². The minimum absolute atomic E-state index is 0.700. The first-order chi connectivity index (χ1) is 8.65. The lowest BCUT2D eigenvalue weighted by molar-refractivity contribution is 1.17. The second-order valence-electron chi connectivity index (χ2n) is 4.29. The predicted molar refractivity (Wildman–Crippen MR) is 74.8 cm³/mol. The minimum Gasteiger partial charge on any atom is -0.398 e. The molecule has 90 valence electrons. The van der Waals surface area contributed by atoms with Crippen LogP contribution in [0.25, 0.3) is 16.9 Å². The van der Waals surface area contributed by atoms with E-state index < -0.39 is 0 Å². The number of nitrogens with zero attached hydrogens (tertiary/aromatic N) is 2. The summed E-state index contributed by atoms with van der Waals surface area (Å²) in [5, 5.41) is 0.700. The van der Waals surface area contributed by atoms with Gasteiger partial charge in [0.2, 0.25) is 0 Å². The molecule has 3 aromatic rings. The number of fused-ring (bicyclic) bond motifs is 1. The number of nitrogen functional groups attached to an aromatic ring is 1. The van der Waals surface area contributed by atoms with Crippen LogP contribution >= 0.6 is 11.6 Å². The molecule has 0 saturated heterocycles. The Morgan fingerprint density at radius 2 is 2.00 bits per heavy atom. The molecule has 0 bridgehead atoms. The molecule has 2 aromatic heterocycles. The number of rotatable bonds is 1. The zero-order chi connectivity index (χ0) is 12.7. The van der Waals surface area contributed by atoms with Gasteiger partial charge < -0.3 is 10.1 Å². The molecule has 0 aliphatic heterocycles. The van der Waals surface area contributed by atoms with E-state index in [9.17, 15) is 0 Å². The Kier molecular flexibility index (Phi) is 2.49. The Morgan fingerprint density at radius 3 is 2.78 bits per heavy atom. The quantitative estimate of drug-likeness (QED) is 0.725. The van der Waals surface area contributed by atoms with Crippen LogP contribution in [-0.2, 0) is 0 Å². The molecule has 0 fully saturated rings. The number of aryl methyl sites for hydroxylation is 1. The summed E-state index contributed by atoms with van der Waals surface area (Å²) in [6, 6.07) is 9.60. The first-order valence-electron chi connectivity index (χ1n) is 5.65. The smallest absolute Gasteiger partial charge is 0.140 e. The maximum absolute atomic E-state index is 6.18. The second-order valence-corrected chi connectivity index (χ2v) is 4.70. The summed E-state index contributed by atoms with van der Waals surface area (Å²) in [5.74, 6) is 0. The van der Waals surface area contributed by atoms with E-state index in [2.05, 4.69) is 4.98 Å². The number of hydrogen-bond acceptors (Lipinski definition) is 2. The zero-order valence-corrected chi connectivity index (χ0v) is 10.6. The molecule has 2 heterocycles. The molecule has 3 rings (SSSR count). The van der Waals surface area contributed by atoms with Gasteiger partial charge in [-0.3, -0.25) is 0 Å². The highest BCUT2D eigenvalue weighted by Crippen LogP contribution is 2.27. The average molecular weight is 258 g/mol. The Hall–Kier alpha value is -2.00. The van der Waals surface area contributed by atoms with Crippen LogP contribution in [0.4, 0.5) is 5.69 Å². The SMILES string of the molecule is Cc1cc(N)cn2cc(-c3ccccc3Cl)nc12. The van der Waals surface area contributed by atoms with Crippen LogP contribution < -0.4 is 5.73 Å². The molecular weight excluding hydrogens is 246 g/mol. The first-order valence-corrected chi connectivity index (χ1v) is 6.02. The maximum atomic E-state index is 6.18. The van der Waals surface area contributed by atoms with E-state index in [1.807, 2.05) is 54.0 Å². The Bertz CT molecular complexity index is 731. The van der Waals surface area contributed by atoms with Crippen molar-refractivity contribution < 1.29 is 0 Å². The monoisotopic (exact) mass is 257 g/mol. The van der Waals surface area contributed by atoms with Crippen LogP contribution in [0, 0.1) is 6.92 Å². The molecule has 2 N–H and O–H groups in total. The molecule has 0 aliphatic rings. The molecule has 3 nitrogen and oxygen atoms in total. The summed E-state index contributed by atoms with van der Waals surface area (Å²) in [4.78, 5) is 4.61. The van der Waals surface area contributed by atoms with Gasteiger partial charge in [-0.1, -0.05) is 29.8 Å². The summed E-state index contributed by atoms with van der Waals surface area (Å²) < 4.78 is 1.93.